The molecule has 1 rings (SSSR count). The average Bonchev–Trinajstić information content (AvgIpc) is 1.86. The Kier molecular flexibility index (Phi) is 2.89. The fourth-order valence-electron chi connectivity index (χ4n) is 0.154. The van der Waals surface area contributed by atoms with Gasteiger partial charge in [-0.1, -0.05) is 5.10 Å². The molecule has 1 aromatic rings. The second-order valence-electron chi connectivity index (χ2n) is 0.725. The number of aromatic amines is 1. The van der Waals surface area contributed by atoms with E-state index in [0.29, 0.717) is 0 Å². The van der Waals surface area contributed by atoms with E-state index in [1.54, 1.807) is 0 Å². The normalized spacial score (nSPS) is 7.43. The van der Waals surface area contributed by atoms with Gasteiger partial charge in [-0.15, -0.1) is 0 Å². The van der Waals surface area contributed by atoms with Gasteiger partial charge >= 0.3 is 35.6 Å². The van der Waals surface area contributed by atoms with Crippen molar-refractivity contribution in [3.05, 3.63) is 0 Å². The monoisotopic (exact) mass is 110 g/mol. The molecule has 0 aliphatic carbocycles. The second-order valence-corrected chi connectivity index (χ2v) is 0.725. The standard InChI is InChI=1S/CH2N4O.Na.H/c6-1-2-4-5-3-1;;/h(H2,2,3,4,5,6);;. The van der Waals surface area contributed by atoms with Crippen LogP contribution in [-0.4, -0.2) is 55.3 Å². The zero-order valence-corrected chi connectivity index (χ0v) is 2.79. The van der Waals surface area contributed by atoms with Crippen LogP contribution in [0.2, 0.25) is 0 Å². The van der Waals surface area contributed by atoms with Crippen molar-refractivity contribution >= 4 is 29.6 Å². The van der Waals surface area contributed by atoms with E-state index >= 15 is 0 Å². The first-order valence-electron chi connectivity index (χ1n) is 1.32. The summed E-state index contributed by atoms with van der Waals surface area (Å²) in [7, 11) is 0. The molecule has 0 fully saturated rings. The fourth-order valence-corrected chi connectivity index (χ4v) is 0.154. The molecule has 1 aromatic heterocycles. The van der Waals surface area contributed by atoms with E-state index in [0.717, 1.165) is 0 Å². The van der Waals surface area contributed by atoms with Crippen molar-refractivity contribution in [2.45, 2.75) is 0 Å². The number of rotatable bonds is 0. The SMILES string of the molecule is Oc1nnn[nH]1.[NaH]. The van der Waals surface area contributed by atoms with Gasteiger partial charge in [0.05, 0.1) is 0 Å². The van der Waals surface area contributed by atoms with E-state index < -0.39 is 0 Å². The Morgan fingerprint density at radius 1 is 1.57 bits per heavy atom. The summed E-state index contributed by atoms with van der Waals surface area (Å²) in [5.41, 5.74) is 0. The number of aromatic nitrogens is 4. The van der Waals surface area contributed by atoms with E-state index in [-0.39, 0.29) is 35.6 Å². The molecule has 1 heterocycles. The van der Waals surface area contributed by atoms with E-state index in [1.165, 1.54) is 0 Å². The topological polar surface area (TPSA) is 74.7 Å². The molecule has 2 N–H and O–H groups in total. The first kappa shape index (κ1) is 6.87. The number of nitrogens with zero attached hydrogens (tertiary/aromatic N) is 3. The molecular weight excluding hydrogens is 107 g/mol. The van der Waals surface area contributed by atoms with Gasteiger partial charge in [-0.05, 0) is 10.4 Å². The first-order valence-corrected chi connectivity index (χ1v) is 1.32. The van der Waals surface area contributed by atoms with Crippen LogP contribution in [-0.2, 0) is 0 Å². The Bertz CT molecular complexity index is 115. The average molecular weight is 110 g/mol. The number of hydrogen-bond donors (Lipinski definition) is 2. The molecule has 0 unspecified atom stereocenters. The Hall–Kier alpha value is -0.130. The third kappa shape index (κ3) is 1.86. The second kappa shape index (κ2) is 2.95. The molecule has 0 atom stereocenters. The van der Waals surface area contributed by atoms with Crippen molar-refractivity contribution in [2.75, 3.05) is 0 Å². The third-order valence-corrected chi connectivity index (χ3v) is 0.334. The maximum absolute atomic E-state index is 8.18. The minimum absolute atomic E-state index is 0. The summed E-state index contributed by atoms with van der Waals surface area (Å²) in [5, 5.41) is 19.4. The molecule has 0 aromatic carbocycles. The summed E-state index contributed by atoms with van der Waals surface area (Å²) >= 11 is 0. The van der Waals surface area contributed by atoms with Gasteiger partial charge in [0.1, 0.15) is 0 Å². The zero-order valence-electron chi connectivity index (χ0n) is 2.79. The number of tetrazole rings is 1. The van der Waals surface area contributed by atoms with Crippen LogP contribution < -0.4 is 0 Å². The Balaban J connectivity index is 0.000000360. The van der Waals surface area contributed by atoms with Crippen LogP contribution in [0.25, 0.3) is 0 Å². The van der Waals surface area contributed by atoms with Crippen molar-refractivity contribution in [3.8, 4) is 6.01 Å². The van der Waals surface area contributed by atoms with Gasteiger partial charge in [0.2, 0.25) is 0 Å². The van der Waals surface area contributed by atoms with Gasteiger partial charge in [-0.3, -0.25) is 0 Å². The molecule has 0 radical (unpaired) electrons. The van der Waals surface area contributed by atoms with Crippen LogP contribution in [0.1, 0.15) is 0 Å². The Labute approximate surface area is 61.4 Å². The summed E-state index contributed by atoms with van der Waals surface area (Å²) in [6, 6.07) is -0.255. The van der Waals surface area contributed by atoms with Crippen molar-refractivity contribution in [2.24, 2.45) is 0 Å². The van der Waals surface area contributed by atoms with Gasteiger partial charge in [0, 0.05) is 0 Å². The number of aromatic hydroxyl groups is 1. The van der Waals surface area contributed by atoms with Gasteiger partial charge in [0.25, 0.3) is 0 Å². The molecule has 0 saturated heterocycles. The summed E-state index contributed by atoms with van der Waals surface area (Å²) < 4.78 is 0. The quantitative estimate of drug-likeness (QED) is 0.388. The first-order chi connectivity index (χ1) is 2.89. The molecular formula is CH3N4NaO. The van der Waals surface area contributed by atoms with E-state index in [4.69, 9.17) is 5.11 Å². The van der Waals surface area contributed by atoms with Crippen LogP contribution >= 0.6 is 0 Å². The minimum atomic E-state index is -0.255. The molecule has 0 spiro atoms. The van der Waals surface area contributed by atoms with Gasteiger partial charge < -0.3 is 5.11 Å². The van der Waals surface area contributed by atoms with Gasteiger partial charge in [-0.25, -0.2) is 5.10 Å². The Morgan fingerprint density at radius 2 is 2.29 bits per heavy atom. The van der Waals surface area contributed by atoms with E-state index in [2.05, 4.69) is 20.6 Å². The summed E-state index contributed by atoms with van der Waals surface area (Å²) in [6.45, 7) is 0. The molecule has 0 bridgehead atoms. The number of nitrogens with one attached hydrogen (secondary N) is 1. The molecule has 6 heteroatoms. The fraction of sp³-hybridized carbons (Fsp3) is 0. The summed E-state index contributed by atoms with van der Waals surface area (Å²) in [6.07, 6.45) is 0. The van der Waals surface area contributed by atoms with E-state index in [9.17, 15) is 0 Å². The Morgan fingerprint density at radius 3 is 2.43 bits per heavy atom. The molecule has 0 aliphatic rings. The maximum atomic E-state index is 8.18. The van der Waals surface area contributed by atoms with E-state index in [1.807, 2.05) is 0 Å². The molecule has 34 valence electrons. The number of hydrogen-bond acceptors (Lipinski definition) is 4. The van der Waals surface area contributed by atoms with Gasteiger partial charge in [0.15, 0.2) is 0 Å². The molecule has 0 saturated carbocycles. The van der Waals surface area contributed by atoms with Crippen molar-refractivity contribution in [1.29, 1.82) is 0 Å². The van der Waals surface area contributed by atoms with Crippen molar-refractivity contribution < 1.29 is 5.11 Å². The van der Waals surface area contributed by atoms with Crippen molar-refractivity contribution in [1.82, 2.24) is 20.6 Å². The van der Waals surface area contributed by atoms with Crippen LogP contribution in [0.15, 0.2) is 0 Å². The third-order valence-electron chi connectivity index (χ3n) is 0.334. The predicted octanol–water partition coefficient (Wildman–Crippen LogP) is -1.74. The zero-order chi connectivity index (χ0) is 4.41. The number of H-pyrrole nitrogens is 1. The van der Waals surface area contributed by atoms with Crippen LogP contribution in [0.5, 0.6) is 6.01 Å². The molecule has 0 aliphatic heterocycles. The predicted molar refractivity (Wildman–Crippen MR) is 23.0 cm³/mol. The summed E-state index contributed by atoms with van der Waals surface area (Å²) in [5.74, 6) is 0. The molecule has 5 nitrogen and oxygen atoms in total. The molecule has 0 amide bonds. The molecule has 7 heavy (non-hydrogen) atoms. The van der Waals surface area contributed by atoms with Crippen LogP contribution in [0.3, 0.4) is 0 Å². The van der Waals surface area contributed by atoms with Crippen LogP contribution in [0, 0.1) is 0 Å². The van der Waals surface area contributed by atoms with Gasteiger partial charge in [-0.2, -0.15) is 0 Å². The van der Waals surface area contributed by atoms with Crippen LogP contribution in [0.4, 0.5) is 0 Å². The van der Waals surface area contributed by atoms with Crippen molar-refractivity contribution in [3.63, 3.8) is 0 Å². The summed E-state index contributed by atoms with van der Waals surface area (Å²) in [4.78, 5) is 0.